The van der Waals surface area contributed by atoms with E-state index in [1.165, 1.54) is 12.3 Å². The Kier molecular flexibility index (Phi) is 3.29. The monoisotopic (exact) mass is 342 g/mol. The molecule has 2 aromatic heterocycles. The Morgan fingerprint density at radius 2 is 1.92 bits per heavy atom. The molecule has 0 aromatic carbocycles. The third-order valence-corrected chi connectivity index (χ3v) is 5.54. The molecule has 3 aliphatic rings. The molecular weight excluding hydrogens is 323 g/mol. The lowest BCUT2D eigenvalue weighted by Crippen LogP contribution is -2.33. The molecule has 2 atom stereocenters. The quantitative estimate of drug-likeness (QED) is 0.856. The molecule has 130 valence electrons. The van der Waals surface area contributed by atoms with Crippen LogP contribution in [0.2, 0.25) is 0 Å². The van der Waals surface area contributed by atoms with Crippen LogP contribution in [0.1, 0.15) is 35.0 Å². The number of fused-ring (bicyclic) bond motifs is 1. The highest BCUT2D eigenvalue weighted by Crippen LogP contribution is 2.40. The summed E-state index contributed by atoms with van der Waals surface area (Å²) in [6, 6.07) is 4.96. The lowest BCUT2D eigenvalue weighted by atomic mass is 10.0. The minimum Gasteiger partial charge on any atom is -0.360 e. The van der Waals surface area contributed by atoms with E-state index in [-0.39, 0.29) is 11.7 Å². The van der Waals surface area contributed by atoms with E-state index in [2.05, 4.69) is 15.0 Å². The average molecular weight is 342 g/mol. The third-order valence-electron chi connectivity index (χ3n) is 5.54. The largest absolute Gasteiger partial charge is 0.360 e. The number of hydrogen-bond acceptors (Lipinski definition) is 5. The van der Waals surface area contributed by atoms with Crippen LogP contribution >= 0.6 is 0 Å². The Balaban J connectivity index is 1.24. The number of aromatic nitrogens is 2. The number of nitrogens with zero attached hydrogens (tertiary/aromatic N) is 4. The van der Waals surface area contributed by atoms with E-state index in [9.17, 15) is 9.18 Å². The summed E-state index contributed by atoms with van der Waals surface area (Å²) in [5.74, 6) is 2.60. The highest BCUT2D eigenvalue weighted by Gasteiger charge is 2.42. The maximum atomic E-state index is 13.0. The van der Waals surface area contributed by atoms with Crippen LogP contribution in [0, 0.1) is 17.7 Å². The normalized spacial score (nSPS) is 25.5. The summed E-state index contributed by atoms with van der Waals surface area (Å²) in [6.07, 6.45) is 3.51. The highest BCUT2D eigenvalue weighted by atomic mass is 19.1. The van der Waals surface area contributed by atoms with E-state index in [4.69, 9.17) is 4.52 Å². The zero-order chi connectivity index (χ0) is 17.0. The van der Waals surface area contributed by atoms with Crippen molar-refractivity contribution in [3.63, 3.8) is 0 Å². The maximum absolute atomic E-state index is 13.0. The summed E-state index contributed by atoms with van der Waals surface area (Å²) in [5.41, 5.74) is 0.430. The third kappa shape index (κ3) is 2.67. The molecule has 7 heteroatoms. The Bertz CT molecular complexity index is 788. The minimum absolute atomic E-state index is 0.0310. The Morgan fingerprint density at radius 3 is 2.56 bits per heavy atom. The van der Waals surface area contributed by atoms with E-state index in [1.807, 2.05) is 11.0 Å². The number of carbonyl (C=O) groups excluding carboxylic acids is 1. The van der Waals surface area contributed by atoms with E-state index >= 15 is 0 Å². The Hall–Kier alpha value is -2.44. The molecule has 2 aliphatic heterocycles. The number of anilines is 1. The molecule has 0 bridgehead atoms. The predicted molar refractivity (Wildman–Crippen MR) is 87.8 cm³/mol. The standard InChI is InChI=1S/C18H19FN4O2/c19-14-3-4-17(20-6-14)22-7-12-9-23(10-13(12)8-22)18(24)15-5-16(25-21-15)11-1-2-11/h3-6,11-13H,1-2,7-10H2. The van der Waals surface area contributed by atoms with Gasteiger partial charge in [0.15, 0.2) is 5.69 Å². The lowest BCUT2D eigenvalue weighted by molar-refractivity contribution is 0.0772. The topological polar surface area (TPSA) is 62.5 Å². The van der Waals surface area contributed by atoms with Crippen molar-refractivity contribution in [2.75, 3.05) is 31.1 Å². The zero-order valence-corrected chi connectivity index (χ0v) is 13.8. The number of pyridine rings is 1. The molecule has 0 N–H and O–H groups in total. The van der Waals surface area contributed by atoms with Crippen LogP contribution in [0.25, 0.3) is 0 Å². The van der Waals surface area contributed by atoms with E-state index in [0.29, 0.717) is 23.4 Å². The van der Waals surface area contributed by atoms with Gasteiger partial charge in [-0.15, -0.1) is 0 Å². The van der Waals surface area contributed by atoms with Crippen molar-refractivity contribution < 1.29 is 13.7 Å². The minimum atomic E-state index is -0.321. The second kappa shape index (κ2) is 5.54. The molecule has 1 aliphatic carbocycles. The van der Waals surface area contributed by atoms with Crippen molar-refractivity contribution >= 4 is 11.7 Å². The van der Waals surface area contributed by atoms with Crippen molar-refractivity contribution in [2.24, 2.45) is 11.8 Å². The van der Waals surface area contributed by atoms with Gasteiger partial charge in [-0.05, 0) is 25.0 Å². The second-order valence-corrected chi connectivity index (χ2v) is 7.36. The summed E-state index contributed by atoms with van der Waals surface area (Å²) in [7, 11) is 0. The van der Waals surface area contributed by atoms with Crippen LogP contribution in [0.15, 0.2) is 28.9 Å². The SMILES string of the molecule is O=C(c1cc(C2CC2)on1)N1CC2CN(c3ccc(F)cn3)CC2C1. The predicted octanol–water partition coefficient (Wildman–Crippen LogP) is 2.29. The molecule has 6 nitrogen and oxygen atoms in total. The van der Waals surface area contributed by atoms with Gasteiger partial charge < -0.3 is 14.3 Å². The molecule has 1 amide bonds. The van der Waals surface area contributed by atoms with Gasteiger partial charge in [0.25, 0.3) is 5.91 Å². The smallest absolute Gasteiger partial charge is 0.276 e. The van der Waals surface area contributed by atoms with Crippen molar-refractivity contribution in [3.05, 3.63) is 41.7 Å². The van der Waals surface area contributed by atoms with Gasteiger partial charge in [0.1, 0.15) is 17.4 Å². The first kappa shape index (κ1) is 14.9. The number of likely N-dealkylation sites (tertiary alicyclic amines) is 1. The van der Waals surface area contributed by atoms with Crippen molar-refractivity contribution in [1.29, 1.82) is 0 Å². The van der Waals surface area contributed by atoms with Crippen LogP contribution in [-0.2, 0) is 0 Å². The summed E-state index contributed by atoms with van der Waals surface area (Å²) >= 11 is 0. The number of hydrogen-bond donors (Lipinski definition) is 0. The Labute approximate surface area is 144 Å². The molecule has 2 aromatic rings. The first-order valence-electron chi connectivity index (χ1n) is 8.80. The number of amides is 1. The van der Waals surface area contributed by atoms with Gasteiger partial charge in [-0.2, -0.15) is 0 Å². The fraction of sp³-hybridized carbons (Fsp3) is 0.500. The van der Waals surface area contributed by atoms with Crippen LogP contribution in [0.3, 0.4) is 0 Å². The van der Waals surface area contributed by atoms with Crippen LogP contribution in [-0.4, -0.2) is 47.1 Å². The Morgan fingerprint density at radius 1 is 1.16 bits per heavy atom. The maximum Gasteiger partial charge on any atom is 0.276 e. The van der Waals surface area contributed by atoms with Crippen LogP contribution < -0.4 is 4.90 Å². The number of rotatable bonds is 3. The molecule has 0 radical (unpaired) electrons. The van der Waals surface area contributed by atoms with Gasteiger partial charge in [0.05, 0.1) is 6.20 Å². The van der Waals surface area contributed by atoms with E-state index in [0.717, 1.165) is 50.6 Å². The fourth-order valence-electron chi connectivity index (χ4n) is 4.01. The molecule has 0 spiro atoms. The molecule has 5 rings (SSSR count). The van der Waals surface area contributed by atoms with Gasteiger partial charge in [-0.25, -0.2) is 9.37 Å². The van der Waals surface area contributed by atoms with Gasteiger partial charge >= 0.3 is 0 Å². The van der Waals surface area contributed by atoms with E-state index in [1.54, 1.807) is 6.07 Å². The summed E-state index contributed by atoms with van der Waals surface area (Å²) in [5, 5.41) is 3.96. The van der Waals surface area contributed by atoms with Crippen molar-refractivity contribution in [2.45, 2.75) is 18.8 Å². The van der Waals surface area contributed by atoms with Crippen molar-refractivity contribution in [1.82, 2.24) is 15.0 Å². The van der Waals surface area contributed by atoms with Crippen LogP contribution in [0.5, 0.6) is 0 Å². The molecule has 1 saturated carbocycles. The van der Waals surface area contributed by atoms with Crippen molar-refractivity contribution in [3.8, 4) is 0 Å². The zero-order valence-electron chi connectivity index (χ0n) is 13.8. The van der Waals surface area contributed by atoms with E-state index < -0.39 is 0 Å². The highest BCUT2D eigenvalue weighted by molar-refractivity contribution is 5.92. The molecule has 25 heavy (non-hydrogen) atoms. The number of halogens is 1. The molecule has 4 heterocycles. The first-order chi connectivity index (χ1) is 12.2. The summed E-state index contributed by atoms with van der Waals surface area (Å²) in [6.45, 7) is 3.15. The molecule has 3 fully saturated rings. The summed E-state index contributed by atoms with van der Waals surface area (Å²) in [4.78, 5) is 20.9. The first-order valence-corrected chi connectivity index (χ1v) is 8.80. The number of carbonyl (C=O) groups is 1. The van der Waals surface area contributed by atoms with Gasteiger partial charge in [-0.1, -0.05) is 5.16 Å². The average Bonchev–Trinajstić information content (AvgIpc) is 3.04. The van der Waals surface area contributed by atoms with Crippen LogP contribution in [0.4, 0.5) is 10.2 Å². The molecule has 2 unspecified atom stereocenters. The van der Waals surface area contributed by atoms with Gasteiger partial charge in [-0.3, -0.25) is 4.79 Å². The molecular formula is C18H19FN4O2. The second-order valence-electron chi connectivity index (χ2n) is 7.36. The van der Waals surface area contributed by atoms with Gasteiger partial charge in [0.2, 0.25) is 0 Å². The molecule has 2 saturated heterocycles. The van der Waals surface area contributed by atoms with Gasteiger partial charge in [0, 0.05) is 50.0 Å². The summed E-state index contributed by atoms with van der Waals surface area (Å²) < 4.78 is 18.3. The lowest BCUT2D eigenvalue weighted by Gasteiger charge is -2.21. The fourth-order valence-corrected chi connectivity index (χ4v) is 4.01.